The number of piperidine rings is 1. The predicted molar refractivity (Wildman–Crippen MR) is 125 cm³/mol. The average Bonchev–Trinajstić information content (AvgIpc) is 2.83. The van der Waals surface area contributed by atoms with Gasteiger partial charge < -0.3 is 14.8 Å². The quantitative estimate of drug-likeness (QED) is 0.646. The number of amides is 1. The molecule has 8 heteroatoms. The van der Waals surface area contributed by atoms with Crippen LogP contribution in [0.4, 0.5) is 5.69 Å². The molecule has 0 saturated carbocycles. The Morgan fingerprint density at radius 2 is 1.72 bits per heavy atom. The Morgan fingerprint density at radius 1 is 1.06 bits per heavy atom. The van der Waals surface area contributed by atoms with Gasteiger partial charge in [0.2, 0.25) is 15.9 Å². The normalized spacial score (nSPS) is 17.1. The van der Waals surface area contributed by atoms with Gasteiger partial charge in [-0.1, -0.05) is 32.0 Å². The highest BCUT2D eigenvalue weighted by molar-refractivity contribution is 7.89. The van der Waals surface area contributed by atoms with Crippen LogP contribution in [0.3, 0.4) is 0 Å². The molecule has 2 aromatic rings. The van der Waals surface area contributed by atoms with Crippen LogP contribution in [0, 0.1) is 5.92 Å². The molecule has 1 N–H and O–H groups in total. The van der Waals surface area contributed by atoms with Gasteiger partial charge >= 0.3 is 0 Å². The Kier molecular flexibility index (Phi) is 7.79. The maximum absolute atomic E-state index is 13.3. The summed E-state index contributed by atoms with van der Waals surface area (Å²) in [6.45, 7) is 4.65. The zero-order valence-corrected chi connectivity index (χ0v) is 20.0. The van der Waals surface area contributed by atoms with Crippen LogP contribution in [0.15, 0.2) is 41.3 Å². The lowest BCUT2D eigenvalue weighted by Gasteiger charge is -2.31. The molecule has 1 saturated heterocycles. The molecule has 0 radical (unpaired) electrons. The van der Waals surface area contributed by atoms with E-state index in [2.05, 4.69) is 19.2 Å². The first-order chi connectivity index (χ1) is 15.3. The molecule has 0 spiro atoms. The highest BCUT2D eigenvalue weighted by Gasteiger charge is 2.34. The van der Waals surface area contributed by atoms with Crippen molar-refractivity contribution in [3.05, 3.63) is 47.5 Å². The van der Waals surface area contributed by atoms with E-state index >= 15 is 0 Å². The number of benzene rings is 2. The summed E-state index contributed by atoms with van der Waals surface area (Å²) in [5.41, 5.74) is 3.04. The molecular formula is C24H32N2O5S. The van der Waals surface area contributed by atoms with Crippen LogP contribution in [-0.4, -0.2) is 45.9 Å². The third kappa shape index (κ3) is 4.91. The van der Waals surface area contributed by atoms with Gasteiger partial charge in [-0.05, 0) is 48.9 Å². The molecule has 32 heavy (non-hydrogen) atoms. The maximum Gasteiger partial charge on any atom is 0.243 e. The molecule has 1 atom stereocenters. The van der Waals surface area contributed by atoms with Gasteiger partial charge in [-0.15, -0.1) is 0 Å². The number of carbonyl (C=O) groups excluding carboxylic acids is 1. The van der Waals surface area contributed by atoms with Crippen molar-refractivity contribution in [2.75, 3.05) is 32.6 Å². The SMILES string of the molecule is CCc1cccc(CC)c1NC(=O)[C@H]1CCCN(S(=O)(=O)c2ccc(OC)c(OC)c2)C1. The second-order valence-corrected chi connectivity index (χ2v) is 9.80. The largest absolute Gasteiger partial charge is 0.493 e. The lowest BCUT2D eigenvalue weighted by molar-refractivity contribution is -0.120. The third-order valence-electron chi connectivity index (χ3n) is 5.99. The topological polar surface area (TPSA) is 84.9 Å². The Labute approximate surface area is 190 Å². The Balaban J connectivity index is 1.80. The van der Waals surface area contributed by atoms with Gasteiger partial charge in [-0.3, -0.25) is 4.79 Å². The molecule has 3 rings (SSSR count). The van der Waals surface area contributed by atoms with Gasteiger partial charge in [0.15, 0.2) is 11.5 Å². The van der Waals surface area contributed by atoms with Gasteiger partial charge in [0.1, 0.15) is 0 Å². The molecule has 1 amide bonds. The van der Waals surface area contributed by atoms with Crippen LogP contribution in [0.25, 0.3) is 0 Å². The fourth-order valence-corrected chi connectivity index (χ4v) is 5.67. The van der Waals surface area contributed by atoms with Crippen molar-refractivity contribution in [2.24, 2.45) is 5.92 Å². The van der Waals surface area contributed by atoms with Crippen LogP contribution in [-0.2, 0) is 27.7 Å². The van der Waals surface area contributed by atoms with Crippen LogP contribution in [0.1, 0.15) is 37.8 Å². The van der Waals surface area contributed by atoms with Gasteiger partial charge in [-0.2, -0.15) is 4.31 Å². The van der Waals surface area contributed by atoms with Crippen LogP contribution < -0.4 is 14.8 Å². The van der Waals surface area contributed by atoms with Crippen molar-refractivity contribution < 1.29 is 22.7 Å². The van der Waals surface area contributed by atoms with Crippen LogP contribution >= 0.6 is 0 Å². The van der Waals surface area contributed by atoms with Crippen LogP contribution in [0.2, 0.25) is 0 Å². The van der Waals surface area contributed by atoms with Gasteiger partial charge in [0, 0.05) is 24.8 Å². The molecule has 174 valence electrons. The molecular weight excluding hydrogens is 428 g/mol. The minimum atomic E-state index is -3.77. The number of hydrogen-bond acceptors (Lipinski definition) is 5. The molecule has 1 aliphatic rings. The number of ether oxygens (including phenoxy) is 2. The molecule has 1 fully saturated rings. The number of nitrogens with one attached hydrogen (secondary N) is 1. The lowest BCUT2D eigenvalue weighted by Crippen LogP contribution is -2.43. The highest BCUT2D eigenvalue weighted by atomic mass is 32.2. The summed E-state index contributed by atoms with van der Waals surface area (Å²) in [6.07, 6.45) is 2.90. The molecule has 0 aliphatic carbocycles. The fourth-order valence-electron chi connectivity index (χ4n) is 4.13. The van der Waals surface area contributed by atoms with Gasteiger partial charge in [0.05, 0.1) is 25.0 Å². The maximum atomic E-state index is 13.3. The molecule has 0 bridgehead atoms. The number of para-hydroxylation sites is 1. The monoisotopic (exact) mass is 460 g/mol. The molecule has 1 aliphatic heterocycles. The van der Waals surface area contributed by atoms with Gasteiger partial charge in [-0.25, -0.2) is 8.42 Å². The standard InChI is InChI=1S/C24H32N2O5S/c1-5-17-9-7-10-18(6-2)23(17)25-24(27)19-11-8-14-26(16-19)32(28,29)20-12-13-21(30-3)22(15-20)31-4/h7,9-10,12-13,15,19H,5-6,8,11,14,16H2,1-4H3,(H,25,27)/t19-/m0/s1. The molecule has 7 nitrogen and oxygen atoms in total. The number of anilines is 1. The summed E-state index contributed by atoms with van der Waals surface area (Å²) < 4.78 is 38.4. The first-order valence-electron chi connectivity index (χ1n) is 11.0. The van der Waals surface area contributed by atoms with Crippen LogP contribution in [0.5, 0.6) is 11.5 Å². The van der Waals surface area contributed by atoms with E-state index < -0.39 is 15.9 Å². The van der Waals surface area contributed by atoms with Crippen molar-refractivity contribution in [3.8, 4) is 11.5 Å². The van der Waals surface area contributed by atoms with E-state index in [1.54, 1.807) is 6.07 Å². The summed E-state index contributed by atoms with van der Waals surface area (Å²) in [5, 5.41) is 3.10. The number of carbonyl (C=O) groups is 1. The third-order valence-corrected chi connectivity index (χ3v) is 7.86. The Hall–Kier alpha value is -2.58. The van der Waals surface area contributed by atoms with Crippen molar-refractivity contribution in [1.82, 2.24) is 4.31 Å². The summed E-state index contributed by atoms with van der Waals surface area (Å²) in [7, 11) is -0.800. The second-order valence-electron chi connectivity index (χ2n) is 7.87. The van der Waals surface area contributed by atoms with Crippen molar-refractivity contribution in [1.29, 1.82) is 0 Å². The van der Waals surface area contributed by atoms with Crippen molar-refractivity contribution in [2.45, 2.75) is 44.4 Å². The minimum absolute atomic E-state index is 0.126. The molecule has 1 heterocycles. The summed E-state index contributed by atoms with van der Waals surface area (Å²) in [5.74, 6) is 0.271. The fraction of sp³-hybridized carbons (Fsp3) is 0.458. The Bertz CT molecular complexity index is 1050. The zero-order valence-electron chi connectivity index (χ0n) is 19.2. The molecule has 0 unspecified atom stereocenters. The van der Waals surface area contributed by atoms with E-state index in [9.17, 15) is 13.2 Å². The van der Waals surface area contributed by atoms with E-state index in [0.29, 0.717) is 30.9 Å². The number of aryl methyl sites for hydroxylation is 2. The predicted octanol–water partition coefficient (Wildman–Crippen LogP) is 3.87. The van der Waals surface area contributed by atoms with Crippen molar-refractivity contribution >= 4 is 21.6 Å². The number of hydrogen-bond donors (Lipinski definition) is 1. The van der Waals surface area contributed by atoms with Crippen molar-refractivity contribution in [3.63, 3.8) is 0 Å². The first kappa shape index (κ1) is 24.1. The number of methoxy groups -OCH3 is 2. The highest BCUT2D eigenvalue weighted by Crippen LogP contribution is 2.32. The molecule has 0 aromatic heterocycles. The summed E-state index contributed by atoms with van der Waals surface area (Å²) in [4.78, 5) is 13.3. The van der Waals surface area contributed by atoms with E-state index in [0.717, 1.165) is 29.7 Å². The van der Waals surface area contributed by atoms with E-state index in [4.69, 9.17) is 9.47 Å². The Morgan fingerprint density at radius 3 is 2.31 bits per heavy atom. The number of sulfonamides is 1. The van der Waals surface area contributed by atoms with Gasteiger partial charge in [0.25, 0.3) is 0 Å². The zero-order chi connectivity index (χ0) is 23.3. The first-order valence-corrected chi connectivity index (χ1v) is 12.4. The summed E-state index contributed by atoms with van der Waals surface area (Å²) in [6, 6.07) is 10.6. The smallest absolute Gasteiger partial charge is 0.243 e. The average molecular weight is 461 g/mol. The number of rotatable bonds is 8. The number of nitrogens with zero attached hydrogens (tertiary/aromatic N) is 1. The van der Waals surface area contributed by atoms with E-state index in [1.165, 1.54) is 30.7 Å². The lowest BCUT2D eigenvalue weighted by atomic mass is 9.97. The second kappa shape index (κ2) is 10.4. The molecule has 2 aromatic carbocycles. The van der Waals surface area contributed by atoms with E-state index in [-0.39, 0.29) is 17.3 Å². The summed E-state index contributed by atoms with van der Waals surface area (Å²) >= 11 is 0. The minimum Gasteiger partial charge on any atom is -0.493 e. The van der Waals surface area contributed by atoms with E-state index in [1.807, 2.05) is 18.2 Å².